The monoisotopic (exact) mass is 281 g/mol. The highest BCUT2D eigenvalue weighted by atomic mass is 16.3. The van der Waals surface area contributed by atoms with Crippen molar-refractivity contribution in [1.29, 1.82) is 0 Å². The summed E-state index contributed by atoms with van der Waals surface area (Å²) in [6.45, 7) is 13.2. The average molecular weight is 281 g/mol. The van der Waals surface area contributed by atoms with Crippen molar-refractivity contribution in [1.82, 2.24) is 15.1 Å². The van der Waals surface area contributed by atoms with E-state index in [0.29, 0.717) is 12.5 Å². The Balaban J connectivity index is 2.60. The number of aryl methyl sites for hydroxylation is 2. The Kier molecular flexibility index (Phi) is 5.78. The smallest absolute Gasteiger partial charge is 0.0743 e. The molecule has 4 nitrogen and oxygen atoms in total. The van der Waals surface area contributed by atoms with Gasteiger partial charge in [0.2, 0.25) is 0 Å². The summed E-state index contributed by atoms with van der Waals surface area (Å²) in [5, 5.41) is 18.3. The molecule has 1 aromatic heterocycles. The first-order chi connectivity index (χ1) is 9.14. The van der Waals surface area contributed by atoms with Crippen molar-refractivity contribution >= 4 is 0 Å². The molecule has 0 radical (unpaired) electrons. The second-order valence-corrected chi connectivity index (χ2v) is 6.74. The largest absolute Gasteiger partial charge is 0.389 e. The molecule has 0 fully saturated rings. The van der Waals surface area contributed by atoms with Crippen LogP contribution >= 0.6 is 0 Å². The Labute approximate surface area is 123 Å². The third-order valence-corrected chi connectivity index (χ3v) is 4.05. The number of nitrogens with zero attached hydrogens (tertiary/aromatic N) is 2. The van der Waals surface area contributed by atoms with Gasteiger partial charge in [0, 0.05) is 30.9 Å². The van der Waals surface area contributed by atoms with Gasteiger partial charge < -0.3 is 10.4 Å². The zero-order valence-electron chi connectivity index (χ0n) is 14.1. The van der Waals surface area contributed by atoms with Crippen LogP contribution < -0.4 is 5.32 Å². The number of aromatic nitrogens is 2. The van der Waals surface area contributed by atoms with Crippen molar-refractivity contribution in [3.63, 3.8) is 0 Å². The van der Waals surface area contributed by atoms with Crippen LogP contribution in [0.25, 0.3) is 0 Å². The fourth-order valence-corrected chi connectivity index (χ4v) is 2.58. The molecule has 20 heavy (non-hydrogen) atoms. The molecule has 0 spiro atoms. The third-order valence-electron chi connectivity index (χ3n) is 4.05. The number of nitrogens with one attached hydrogen (secondary N) is 1. The Morgan fingerprint density at radius 1 is 1.30 bits per heavy atom. The molecule has 4 heteroatoms. The van der Waals surface area contributed by atoms with Crippen LogP contribution in [0.3, 0.4) is 0 Å². The summed E-state index contributed by atoms with van der Waals surface area (Å²) in [5.41, 5.74) is 2.84. The van der Waals surface area contributed by atoms with Crippen LogP contribution in [0.1, 0.15) is 63.5 Å². The molecule has 1 heterocycles. The van der Waals surface area contributed by atoms with Crippen molar-refractivity contribution in [2.75, 3.05) is 6.54 Å². The number of hydrogen-bond acceptors (Lipinski definition) is 3. The van der Waals surface area contributed by atoms with Crippen molar-refractivity contribution in [3.8, 4) is 0 Å². The molecule has 0 saturated carbocycles. The summed E-state index contributed by atoms with van der Waals surface area (Å²) < 4.78 is 1.92. The van der Waals surface area contributed by atoms with Gasteiger partial charge in [-0.1, -0.05) is 13.8 Å². The zero-order chi connectivity index (χ0) is 15.5. The van der Waals surface area contributed by atoms with Crippen molar-refractivity contribution in [3.05, 3.63) is 17.0 Å². The molecule has 2 N–H and O–H groups in total. The highest BCUT2D eigenvalue weighted by Crippen LogP contribution is 2.22. The van der Waals surface area contributed by atoms with Gasteiger partial charge in [-0.2, -0.15) is 5.10 Å². The van der Waals surface area contributed by atoms with E-state index in [-0.39, 0.29) is 6.04 Å². The van der Waals surface area contributed by atoms with E-state index in [2.05, 4.69) is 38.1 Å². The maximum absolute atomic E-state index is 10.4. The molecule has 0 amide bonds. The van der Waals surface area contributed by atoms with E-state index < -0.39 is 5.60 Å². The van der Waals surface area contributed by atoms with Crippen molar-refractivity contribution in [2.45, 2.75) is 66.0 Å². The van der Waals surface area contributed by atoms with E-state index in [1.54, 1.807) is 0 Å². The van der Waals surface area contributed by atoms with Gasteiger partial charge in [-0.15, -0.1) is 0 Å². The molecule has 2 unspecified atom stereocenters. The number of aliphatic hydroxyl groups is 1. The molecule has 2 atom stereocenters. The van der Waals surface area contributed by atoms with Crippen LogP contribution in [0.15, 0.2) is 0 Å². The second kappa shape index (κ2) is 6.72. The SMILES string of the molecule is Cc1nn(C)c(C)c1C(C)NCC(C)(O)CCC(C)C. The molecular weight excluding hydrogens is 250 g/mol. The van der Waals surface area contributed by atoms with Gasteiger partial charge in [0.1, 0.15) is 0 Å². The van der Waals surface area contributed by atoms with Gasteiger partial charge in [0.05, 0.1) is 11.3 Å². The molecule has 0 aliphatic carbocycles. The fraction of sp³-hybridized carbons (Fsp3) is 0.812. The summed E-state index contributed by atoms with van der Waals surface area (Å²) in [7, 11) is 1.97. The normalized spacial score (nSPS) is 16.4. The minimum atomic E-state index is -0.650. The van der Waals surface area contributed by atoms with Crippen molar-refractivity contribution < 1.29 is 5.11 Å². The van der Waals surface area contributed by atoms with E-state index in [4.69, 9.17) is 0 Å². The Hall–Kier alpha value is -0.870. The van der Waals surface area contributed by atoms with Gasteiger partial charge >= 0.3 is 0 Å². The summed E-state index contributed by atoms with van der Waals surface area (Å²) in [4.78, 5) is 0. The van der Waals surface area contributed by atoms with E-state index in [9.17, 15) is 5.11 Å². The van der Waals surface area contributed by atoms with E-state index in [0.717, 1.165) is 18.5 Å². The maximum Gasteiger partial charge on any atom is 0.0743 e. The first-order valence-electron chi connectivity index (χ1n) is 7.60. The molecule has 0 saturated heterocycles. The van der Waals surface area contributed by atoms with E-state index in [1.807, 2.05) is 25.6 Å². The molecular formula is C16H31N3O. The minimum Gasteiger partial charge on any atom is -0.389 e. The third kappa shape index (κ3) is 4.60. The Bertz CT molecular complexity index is 435. The Morgan fingerprint density at radius 3 is 2.35 bits per heavy atom. The van der Waals surface area contributed by atoms with E-state index in [1.165, 1.54) is 11.3 Å². The fourth-order valence-electron chi connectivity index (χ4n) is 2.58. The topological polar surface area (TPSA) is 50.1 Å². The highest BCUT2D eigenvalue weighted by molar-refractivity contribution is 5.27. The second-order valence-electron chi connectivity index (χ2n) is 6.74. The van der Waals surface area contributed by atoms with E-state index >= 15 is 0 Å². The number of rotatable bonds is 7. The highest BCUT2D eigenvalue weighted by Gasteiger charge is 2.23. The first kappa shape index (κ1) is 17.2. The van der Waals surface area contributed by atoms with Crippen LogP contribution in [0.5, 0.6) is 0 Å². The molecule has 0 aliphatic rings. The van der Waals surface area contributed by atoms with Crippen LogP contribution in [0.4, 0.5) is 0 Å². The molecule has 0 bridgehead atoms. The minimum absolute atomic E-state index is 0.203. The predicted molar refractivity (Wildman–Crippen MR) is 83.8 cm³/mol. The molecule has 0 aliphatic heterocycles. The Morgan fingerprint density at radius 2 is 1.90 bits per heavy atom. The molecule has 116 valence electrons. The molecule has 1 rings (SSSR count). The standard InChI is InChI=1S/C16H31N3O/c1-11(2)8-9-16(6,20)10-17-12(3)15-13(4)18-19(7)14(15)5/h11-12,17,20H,8-10H2,1-7H3. The molecule has 0 aromatic carbocycles. The van der Waals surface area contributed by atoms with Crippen molar-refractivity contribution in [2.24, 2.45) is 13.0 Å². The summed E-state index contributed by atoms with van der Waals surface area (Å²) in [6.07, 6.45) is 1.88. The number of hydrogen-bond donors (Lipinski definition) is 2. The van der Waals surface area contributed by atoms with Gasteiger partial charge in [-0.3, -0.25) is 4.68 Å². The van der Waals surface area contributed by atoms with Crippen LogP contribution in [-0.4, -0.2) is 27.0 Å². The lowest BCUT2D eigenvalue weighted by molar-refractivity contribution is 0.0430. The lowest BCUT2D eigenvalue weighted by Gasteiger charge is -2.27. The predicted octanol–water partition coefficient (Wildman–Crippen LogP) is 2.87. The summed E-state index contributed by atoms with van der Waals surface area (Å²) in [5.74, 6) is 0.627. The maximum atomic E-state index is 10.4. The summed E-state index contributed by atoms with van der Waals surface area (Å²) >= 11 is 0. The van der Waals surface area contributed by atoms with Crippen LogP contribution in [0.2, 0.25) is 0 Å². The van der Waals surface area contributed by atoms with Crippen LogP contribution in [0, 0.1) is 19.8 Å². The van der Waals surface area contributed by atoms with Gasteiger partial charge in [-0.05, 0) is 46.5 Å². The van der Waals surface area contributed by atoms with Gasteiger partial charge in [0.25, 0.3) is 0 Å². The lowest BCUT2D eigenvalue weighted by atomic mass is 9.94. The first-order valence-corrected chi connectivity index (χ1v) is 7.60. The van der Waals surface area contributed by atoms with Gasteiger partial charge in [0.15, 0.2) is 0 Å². The summed E-state index contributed by atoms with van der Waals surface area (Å²) in [6, 6.07) is 0.203. The molecule has 1 aromatic rings. The average Bonchev–Trinajstić information content (AvgIpc) is 2.58. The lowest BCUT2D eigenvalue weighted by Crippen LogP contribution is -2.39. The zero-order valence-corrected chi connectivity index (χ0v) is 14.1. The quantitative estimate of drug-likeness (QED) is 0.808. The van der Waals surface area contributed by atoms with Crippen LogP contribution in [-0.2, 0) is 7.05 Å². The van der Waals surface area contributed by atoms with Gasteiger partial charge in [-0.25, -0.2) is 0 Å².